The second-order valence-corrected chi connectivity index (χ2v) is 6.57. The average Bonchev–Trinajstić information content (AvgIpc) is 2.97. The SMILES string of the molecule is O=C(COC(=O)c1sc2ccccc2c1Cl)Nc1ccccc1[N+](=O)[O-]. The maximum atomic E-state index is 12.2. The molecule has 132 valence electrons. The maximum absolute atomic E-state index is 12.2. The van der Waals surface area contributed by atoms with Crippen LogP contribution in [-0.4, -0.2) is 23.4 Å². The minimum absolute atomic E-state index is 0.0263. The van der Waals surface area contributed by atoms with Crippen LogP contribution in [0.5, 0.6) is 0 Å². The van der Waals surface area contributed by atoms with Gasteiger partial charge in [-0.05, 0) is 12.1 Å². The van der Waals surface area contributed by atoms with Crippen molar-refractivity contribution in [1.82, 2.24) is 0 Å². The Morgan fingerprint density at radius 1 is 1.15 bits per heavy atom. The van der Waals surface area contributed by atoms with Crippen LogP contribution in [0.1, 0.15) is 9.67 Å². The lowest BCUT2D eigenvalue weighted by Gasteiger charge is -2.06. The summed E-state index contributed by atoms with van der Waals surface area (Å²) < 4.78 is 5.81. The molecule has 0 aliphatic carbocycles. The Morgan fingerprint density at radius 3 is 2.58 bits per heavy atom. The summed E-state index contributed by atoms with van der Waals surface area (Å²) in [6, 6.07) is 12.9. The van der Waals surface area contributed by atoms with Gasteiger partial charge in [-0.3, -0.25) is 14.9 Å². The van der Waals surface area contributed by atoms with Gasteiger partial charge in [-0.1, -0.05) is 41.9 Å². The number of nitro benzene ring substituents is 1. The number of para-hydroxylation sites is 2. The molecule has 0 radical (unpaired) electrons. The highest BCUT2D eigenvalue weighted by molar-refractivity contribution is 7.21. The van der Waals surface area contributed by atoms with Crippen molar-refractivity contribution in [3.63, 3.8) is 0 Å². The first-order valence-electron chi connectivity index (χ1n) is 7.35. The number of carbonyl (C=O) groups is 2. The molecule has 1 aromatic heterocycles. The van der Waals surface area contributed by atoms with Crippen LogP contribution in [0, 0.1) is 10.1 Å². The molecule has 1 amide bonds. The van der Waals surface area contributed by atoms with Gasteiger partial charge in [0.15, 0.2) is 6.61 Å². The number of nitro groups is 1. The van der Waals surface area contributed by atoms with Gasteiger partial charge in [-0.25, -0.2) is 4.79 Å². The number of hydrogen-bond acceptors (Lipinski definition) is 6. The number of amides is 1. The third kappa shape index (κ3) is 3.66. The first kappa shape index (κ1) is 17.8. The Labute approximate surface area is 156 Å². The van der Waals surface area contributed by atoms with Crippen LogP contribution in [0.2, 0.25) is 5.02 Å². The fourth-order valence-corrected chi connectivity index (χ4v) is 3.67. The number of ether oxygens (including phenoxy) is 1. The van der Waals surface area contributed by atoms with Crippen molar-refractivity contribution < 1.29 is 19.2 Å². The largest absolute Gasteiger partial charge is 0.451 e. The standard InChI is InChI=1S/C17H11ClN2O5S/c18-15-10-5-1-4-8-13(10)26-16(15)17(22)25-9-14(21)19-11-6-2-3-7-12(11)20(23)24/h1-8H,9H2,(H,19,21). The van der Waals surface area contributed by atoms with Gasteiger partial charge >= 0.3 is 5.97 Å². The second kappa shape index (κ2) is 7.51. The highest BCUT2D eigenvalue weighted by atomic mass is 35.5. The molecule has 1 heterocycles. The van der Waals surface area contributed by atoms with E-state index in [2.05, 4.69) is 5.32 Å². The van der Waals surface area contributed by atoms with Crippen molar-refractivity contribution in [2.24, 2.45) is 0 Å². The lowest BCUT2D eigenvalue weighted by molar-refractivity contribution is -0.383. The summed E-state index contributed by atoms with van der Waals surface area (Å²) in [6.45, 7) is -0.588. The Balaban J connectivity index is 1.67. The third-order valence-corrected chi connectivity index (χ3v) is 5.08. The lowest BCUT2D eigenvalue weighted by atomic mass is 10.2. The van der Waals surface area contributed by atoms with E-state index in [1.54, 1.807) is 18.2 Å². The van der Waals surface area contributed by atoms with Crippen LogP contribution < -0.4 is 5.32 Å². The highest BCUT2D eigenvalue weighted by Gasteiger charge is 2.20. The molecule has 0 aliphatic rings. The summed E-state index contributed by atoms with van der Waals surface area (Å²) in [6.07, 6.45) is 0. The molecule has 7 nitrogen and oxygen atoms in total. The van der Waals surface area contributed by atoms with Gasteiger partial charge < -0.3 is 10.1 Å². The zero-order valence-electron chi connectivity index (χ0n) is 13.1. The van der Waals surface area contributed by atoms with E-state index in [1.807, 2.05) is 12.1 Å². The Hall–Kier alpha value is -2.97. The highest BCUT2D eigenvalue weighted by Crippen LogP contribution is 2.35. The molecule has 3 aromatic rings. The number of carbonyl (C=O) groups excluding carboxylic acids is 2. The molecule has 0 fully saturated rings. The fraction of sp³-hybridized carbons (Fsp3) is 0.0588. The third-order valence-electron chi connectivity index (χ3n) is 3.43. The molecule has 0 aliphatic heterocycles. The number of anilines is 1. The molecular weight excluding hydrogens is 380 g/mol. The molecule has 26 heavy (non-hydrogen) atoms. The minimum atomic E-state index is -0.728. The summed E-state index contributed by atoms with van der Waals surface area (Å²) in [5, 5.41) is 14.3. The molecule has 3 rings (SSSR count). The van der Waals surface area contributed by atoms with Gasteiger partial charge in [-0.2, -0.15) is 0 Å². The van der Waals surface area contributed by atoms with Crippen molar-refractivity contribution in [3.05, 3.63) is 68.5 Å². The quantitative estimate of drug-likeness (QED) is 0.398. The molecule has 2 aromatic carbocycles. The number of hydrogen-bond donors (Lipinski definition) is 1. The van der Waals surface area contributed by atoms with E-state index in [-0.39, 0.29) is 21.3 Å². The van der Waals surface area contributed by atoms with Crippen LogP contribution >= 0.6 is 22.9 Å². The zero-order valence-corrected chi connectivity index (χ0v) is 14.7. The van der Waals surface area contributed by atoms with Gasteiger partial charge in [0, 0.05) is 16.2 Å². The molecule has 0 bridgehead atoms. The monoisotopic (exact) mass is 390 g/mol. The van der Waals surface area contributed by atoms with E-state index < -0.39 is 23.4 Å². The Kier molecular flexibility index (Phi) is 5.15. The van der Waals surface area contributed by atoms with Gasteiger partial charge in [-0.15, -0.1) is 11.3 Å². The molecule has 0 spiro atoms. The topological polar surface area (TPSA) is 98.5 Å². The maximum Gasteiger partial charge on any atom is 0.350 e. The van der Waals surface area contributed by atoms with Crippen LogP contribution in [-0.2, 0) is 9.53 Å². The molecule has 0 atom stereocenters. The first-order chi connectivity index (χ1) is 12.5. The average molecular weight is 391 g/mol. The smallest absolute Gasteiger partial charge is 0.350 e. The van der Waals surface area contributed by atoms with Crippen molar-refractivity contribution in [2.75, 3.05) is 11.9 Å². The van der Waals surface area contributed by atoms with Crippen LogP contribution in [0.25, 0.3) is 10.1 Å². The summed E-state index contributed by atoms with van der Waals surface area (Å²) >= 11 is 7.35. The van der Waals surface area contributed by atoms with Gasteiger partial charge in [0.1, 0.15) is 10.6 Å². The number of esters is 1. The predicted molar refractivity (Wildman–Crippen MR) is 98.8 cm³/mol. The van der Waals surface area contributed by atoms with Crippen LogP contribution in [0.3, 0.4) is 0 Å². The normalized spacial score (nSPS) is 10.5. The van der Waals surface area contributed by atoms with E-state index in [9.17, 15) is 19.7 Å². The van der Waals surface area contributed by atoms with Crippen molar-refractivity contribution >= 4 is 56.3 Å². The number of halogens is 1. The molecule has 0 unspecified atom stereocenters. The number of nitrogens with zero attached hydrogens (tertiary/aromatic N) is 1. The number of nitrogens with one attached hydrogen (secondary N) is 1. The van der Waals surface area contributed by atoms with Crippen LogP contribution in [0.4, 0.5) is 11.4 Å². The summed E-state index contributed by atoms with van der Waals surface area (Å²) in [5.41, 5.74) is -0.224. The predicted octanol–water partition coefficient (Wildman–Crippen LogP) is 4.26. The molecule has 1 N–H and O–H groups in total. The van der Waals surface area contributed by atoms with Crippen molar-refractivity contribution in [3.8, 4) is 0 Å². The van der Waals surface area contributed by atoms with Gasteiger partial charge in [0.25, 0.3) is 11.6 Å². The molecule has 9 heteroatoms. The fourth-order valence-electron chi connectivity index (χ4n) is 2.27. The Morgan fingerprint density at radius 2 is 1.85 bits per heavy atom. The van der Waals surface area contributed by atoms with E-state index in [4.69, 9.17) is 16.3 Å². The van der Waals surface area contributed by atoms with E-state index in [0.717, 1.165) is 10.1 Å². The first-order valence-corrected chi connectivity index (χ1v) is 8.54. The van der Waals surface area contributed by atoms with E-state index in [0.29, 0.717) is 0 Å². The van der Waals surface area contributed by atoms with Crippen molar-refractivity contribution in [1.29, 1.82) is 0 Å². The summed E-state index contributed by atoms with van der Waals surface area (Å²) in [4.78, 5) is 34.6. The Bertz CT molecular complexity index is 1020. The zero-order chi connectivity index (χ0) is 18.7. The summed E-state index contributed by atoms with van der Waals surface area (Å²) in [7, 11) is 0. The van der Waals surface area contributed by atoms with Gasteiger partial charge in [0.2, 0.25) is 0 Å². The molecular formula is C17H11ClN2O5S. The molecule has 0 saturated heterocycles. The van der Waals surface area contributed by atoms with E-state index >= 15 is 0 Å². The van der Waals surface area contributed by atoms with E-state index in [1.165, 1.54) is 29.5 Å². The minimum Gasteiger partial charge on any atom is -0.451 e. The number of benzene rings is 2. The lowest BCUT2D eigenvalue weighted by Crippen LogP contribution is -2.21. The summed E-state index contributed by atoms with van der Waals surface area (Å²) in [5.74, 6) is -1.42. The van der Waals surface area contributed by atoms with Crippen molar-refractivity contribution in [2.45, 2.75) is 0 Å². The molecule has 0 saturated carbocycles. The number of thiophene rings is 1. The number of fused-ring (bicyclic) bond motifs is 1. The second-order valence-electron chi connectivity index (χ2n) is 5.14. The van der Waals surface area contributed by atoms with Crippen LogP contribution in [0.15, 0.2) is 48.5 Å². The van der Waals surface area contributed by atoms with Gasteiger partial charge in [0.05, 0.1) is 9.95 Å². The number of rotatable bonds is 5.